The Morgan fingerprint density at radius 3 is 2.75 bits per heavy atom. The summed E-state index contributed by atoms with van der Waals surface area (Å²) in [6.07, 6.45) is 1.61. The predicted molar refractivity (Wildman–Crippen MR) is 77.8 cm³/mol. The molecule has 0 aromatic heterocycles. The summed E-state index contributed by atoms with van der Waals surface area (Å²) in [5, 5.41) is 9.27. The van der Waals surface area contributed by atoms with Crippen molar-refractivity contribution in [2.75, 3.05) is 13.6 Å². The van der Waals surface area contributed by atoms with Gasteiger partial charge < -0.3 is 10.0 Å². The second kappa shape index (κ2) is 6.22. The van der Waals surface area contributed by atoms with E-state index in [1.807, 2.05) is 0 Å². The molecule has 1 aromatic carbocycles. The largest absolute Gasteiger partial charge is 0.392 e. The summed E-state index contributed by atoms with van der Waals surface area (Å²) in [6.45, 7) is 2.71. The van der Waals surface area contributed by atoms with Crippen LogP contribution in [0, 0.1) is 0 Å². The van der Waals surface area contributed by atoms with Crippen molar-refractivity contribution < 1.29 is 13.5 Å². The zero-order valence-electron chi connectivity index (χ0n) is 11.9. The number of sulfonamides is 1. The molecule has 1 fully saturated rings. The first kappa shape index (κ1) is 15.4. The van der Waals surface area contributed by atoms with Gasteiger partial charge in [0.2, 0.25) is 10.0 Å². The highest BCUT2D eigenvalue weighted by atomic mass is 32.2. The van der Waals surface area contributed by atoms with Gasteiger partial charge in [0, 0.05) is 12.1 Å². The Balaban J connectivity index is 2.15. The first-order chi connectivity index (χ1) is 9.44. The van der Waals surface area contributed by atoms with Gasteiger partial charge in [0.15, 0.2) is 0 Å². The molecule has 0 spiro atoms. The number of aliphatic hydroxyl groups excluding tert-OH is 1. The van der Waals surface area contributed by atoms with Crippen molar-refractivity contribution in [3.05, 3.63) is 29.8 Å². The normalized spacial score (nSPS) is 24.8. The van der Waals surface area contributed by atoms with Gasteiger partial charge in [-0.25, -0.2) is 13.1 Å². The molecule has 112 valence electrons. The van der Waals surface area contributed by atoms with E-state index in [2.05, 4.69) is 23.6 Å². The van der Waals surface area contributed by atoms with Crippen molar-refractivity contribution >= 4 is 10.0 Å². The maximum absolute atomic E-state index is 12.4. The highest BCUT2D eigenvalue weighted by Gasteiger charge is 2.27. The molecule has 1 heterocycles. The molecule has 1 aliphatic heterocycles. The molecule has 2 atom stereocenters. The first-order valence-electron chi connectivity index (χ1n) is 6.85. The van der Waals surface area contributed by atoms with Gasteiger partial charge in [-0.05, 0) is 45.0 Å². The summed E-state index contributed by atoms with van der Waals surface area (Å²) in [5.74, 6) is 0. The van der Waals surface area contributed by atoms with Gasteiger partial charge in [0.1, 0.15) is 0 Å². The Bertz CT molecular complexity index is 559. The topological polar surface area (TPSA) is 69.6 Å². The molecule has 1 aliphatic rings. The smallest absolute Gasteiger partial charge is 0.241 e. The third-order valence-electron chi connectivity index (χ3n) is 3.96. The average Bonchev–Trinajstić information content (AvgIpc) is 2.42. The second-order valence-electron chi connectivity index (χ2n) is 5.44. The minimum Gasteiger partial charge on any atom is -0.392 e. The molecule has 5 nitrogen and oxygen atoms in total. The standard InChI is InChI=1S/C14H22N2O3S/c1-11-9-13(7-8-16(11)2)15-20(18,19)14-6-4-3-5-12(14)10-17/h3-6,11,13,15,17H,7-10H2,1-2H3. The van der Waals surface area contributed by atoms with Gasteiger partial charge in [0.25, 0.3) is 0 Å². The van der Waals surface area contributed by atoms with Crippen LogP contribution in [0.4, 0.5) is 0 Å². The Kier molecular flexibility index (Phi) is 4.80. The first-order valence-corrected chi connectivity index (χ1v) is 8.33. The lowest BCUT2D eigenvalue weighted by Gasteiger charge is -2.35. The number of rotatable bonds is 4. The Morgan fingerprint density at radius 1 is 1.40 bits per heavy atom. The molecule has 1 aromatic rings. The van der Waals surface area contributed by atoms with E-state index in [-0.39, 0.29) is 17.5 Å². The number of nitrogens with one attached hydrogen (secondary N) is 1. The van der Waals surface area contributed by atoms with Gasteiger partial charge >= 0.3 is 0 Å². The fraction of sp³-hybridized carbons (Fsp3) is 0.571. The van der Waals surface area contributed by atoms with Crippen LogP contribution in [0.15, 0.2) is 29.2 Å². The Hall–Kier alpha value is -0.950. The summed E-state index contributed by atoms with van der Waals surface area (Å²) in [5.41, 5.74) is 0.431. The molecular weight excluding hydrogens is 276 g/mol. The van der Waals surface area contributed by atoms with Crippen LogP contribution in [0.5, 0.6) is 0 Å². The van der Waals surface area contributed by atoms with Crippen LogP contribution in [0.2, 0.25) is 0 Å². The lowest BCUT2D eigenvalue weighted by atomic mass is 10.0. The second-order valence-corrected chi connectivity index (χ2v) is 7.12. The molecular formula is C14H22N2O3S. The molecule has 0 saturated carbocycles. The van der Waals surface area contributed by atoms with Gasteiger partial charge in [-0.15, -0.1) is 0 Å². The van der Waals surface area contributed by atoms with Crippen molar-refractivity contribution in [3.63, 3.8) is 0 Å². The van der Waals surface area contributed by atoms with Crippen molar-refractivity contribution in [2.24, 2.45) is 0 Å². The minimum atomic E-state index is -3.57. The lowest BCUT2D eigenvalue weighted by Crippen LogP contribution is -2.47. The predicted octanol–water partition coefficient (Wildman–Crippen LogP) is 0.940. The minimum absolute atomic E-state index is 0.0436. The zero-order valence-corrected chi connectivity index (χ0v) is 12.7. The fourth-order valence-electron chi connectivity index (χ4n) is 2.58. The van der Waals surface area contributed by atoms with Crippen LogP contribution in [0.25, 0.3) is 0 Å². The van der Waals surface area contributed by atoms with E-state index in [9.17, 15) is 13.5 Å². The van der Waals surface area contributed by atoms with E-state index in [0.29, 0.717) is 11.6 Å². The van der Waals surface area contributed by atoms with Crippen molar-refractivity contribution in [2.45, 2.75) is 43.4 Å². The fourth-order valence-corrected chi connectivity index (χ4v) is 4.09. The van der Waals surface area contributed by atoms with Crippen LogP contribution in [-0.4, -0.2) is 44.1 Å². The number of piperidine rings is 1. The van der Waals surface area contributed by atoms with Gasteiger partial charge in [-0.2, -0.15) is 0 Å². The van der Waals surface area contributed by atoms with E-state index < -0.39 is 10.0 Å². The molecule has 1 saturated heterocycles. The highest BCUT2D eigenvalue weighted by molar-refractivity contribution is 7.89. The molecule has 0 amide bonds. The van der Waals surface area contributed by atoms with Crippen molar-refractivity contribution in [3.8, 4) is 0 Å². The number of benzene rings is 1. The summed E-state index contributed by atoms with van der Waals surface area (Å²) in [7, 11) is -1.52. The molecule has 6 heteroatoms. The van der Waals surface area contributed by atoms with Crippen molar-refractivity contribution in [1.29, 1.82) is 0 Å². The van der Waals surface area contributed by atoms with Gasteiger partial charge in [-0.1, -0.05) is 18.2 Å². The van der Waals surface area contributed by atoms with Gasteiger partial charge in [0.05, 0.1) is 11.5 Å². The molecule has 0 bridgehead atoms. The SMILES string of the molecule is CC1CC(NS(=O)(=O)c2ccccc2CO)CCN1C. The molecule has 2 N–H and O–H groups in total. The van der Waals surface area contributed by atoms with E-state index in [1.165, 1.54) is 6.07 Å². The maximum Gasteiger partial charge on any atom is 0.241 e. The van der Waals surface area contributed by atoms with Crippen LogP contribution in [0.3, 0.4) is 0 Å². The Morgan fingerprint density at radius 2 is 2.10 bits per heavy atom. The van der Waals surface area contributed by atoms with Crippen LogP contribution < -0.4 is 4.72 Å². The summed E-state index contributed by atoms with van der Waals surface area (Å²) in [4.78, 5) is 2.40. The maximum atomic E-state index is 12.4. The number of hydrogen-bond acceptors (Lipinski definition) is 4. The highest BCUT2D eigenvalue weighted by Crippen LogP contribution is 2.20. The van der Waals surface area contributed by atoms with Crippen molar-refractivity contribution in [1.82, 2.24) is 9.62 Å². The molecule has 2 rings (SSSR count). The third kappa shape index (κ3) is 3.38. The third-order valence-corrected chi connectivity index (χ3v) is 5.58. The lowest BCUT2D eigenvalue weighted by molar-refractivity contribution is 0.178. The molecule has 20 heavy (non-hydrogen) atoms. The quantitative estimate of drug-likeness (QED) is 0.868. The average molecular weight is 298 g/mol. The number of hydrogen-bond donors (Lipinski definition) is 2. The summed E-state index contributed by atoms with van der Waals surface area (Å²) < 4.78 is 27.6. The van der Waals surface area contributed by atoms with E-state index in [1.54, 1.807) is 18.2 Å². The molecule has 0 radical (unpaired) electrons. The van der Waals surface area contributed by atoms with E-state index >= 15 is 0 Å². The number of likely N-dealkylation sites (tertiary alicyclic amines) is 1. The van der Waals surface area contributed by atoms with E-state index in [0.717, 1.165) is 19.4 Å². The van der Waals surface area contributed by atoms with Crippen LogP contribution >= 0.6 is 0 Å². The monoisotopic (exact) mass is 298 g/mol. The van der Waals surface area contributed by atoms with Crippen LogP contribution in [0.1, 0.15) is 25.3 Å². The summed E-state index contributed by atoms with van der Waals surface area (Å²) >= 11 is 0. The zero-order chi connectivity index (χ0) is 14.8. The number of nitrogens with zero attached hydrogens (tertiary/aromatic N) is 1. The summed E-state index contributed by atoms with van der Waals surface area (Å²) in [6, 6.07) is 6.88. The number of aliphatic hydroxyl groups is 1. The van der Waals surface area contributed by atoms with Gasteiger partial charge in [-0.3, -0.25) is 0 Å². The Labute approximate surface area is 120 Å². The molecule has 0 aliphatic carbocycles. The van der Waals surface area contributed by atoms with E-state index in [4.69, 9.17) is 0 Å². The van der Waals surface area contributed by atoms with Crippen LogP contribution in [-0.2, 0) is 16.6 Å². The molecule has 2 unspecified atom stereocenters.